The van der Waals surface area contributed by atoms with Gasteiger partial charge in [-0.25, -0.2) is 4.98 Å². The molecule has 0 atom stereocenters. The third-order valence-corrected chi connectivity index (χ3v) is 11.7. The molecule has 10 rings (SSSR count). The zero-order valence-corrected chi connectivity index (χ0v) is 30.7. The van der Waals surface area contributed by atoms with Gasteiger partial charge < -0.3 is 0 Å². The molecule has 0 saturated heterocycles. The molecule has 4 nitrogen and oxygen atoms in total. The van der Waals surface area contributed by atoms with Crippen LogP contribution in [0.25, 0.3) is 93.0 Å². The van der Waals surface area contributed by atoms with Gasteiger partial charge >= 0.3 is 0 Å². The first-order valence-corrected chi connectivity index (χ1v) is 19.5. The second kappa shape index (κ2) is 13.5. The van der Waals surface area contributed by atoms with Crippen molar-refractivity contribution in [1.29, 1.82) is 0 Å². The number of aromatic nitrogens is 4. The highest BCUT2D eigenvalue weighted by atomic mass is 32.1. The Morgan fingerprint density at radius 3 is 1.74 bits per heavy atom. The SMILES string of the molecule is CCCCc1ccc2sc3c(-c4ccc5c6ccc(-c7ccccc7)cc6n(-c6nc(-c7ccccc7)nc(-c7ccccc7)n6)c5c4)cccc3c2c1. The zero-order chi connectivity index (χ0) is 36.0. The van der Waals surface area contributed by atoms with Crippen molar-refractivity contribution >= 4 is 53.3 Å². The summed E-state index contributed by atoms with van der Waals surface area (Å²) in [7, 11) is 0. The smallest absolute Gasteiger partial charge is 0.238 e. The van der Waals surface area contributed by atoms with Gasteiger partial charge in [-0.3, -0.25) is 4.57 Å². The van der Waals surface area contributed by atoms with Crippen LogP contribution in [0.5, 0.6) is 0 Å². The summed E-state index contributed by atoms with van der Waals surface area (Å²) in [5, 5.41) is 4.97. The quantitative estimate of drug-likeness (QED) is 0.158. The van der Waals surface area contributed by atoms with Crippen LogP contribution in [0, 0.1) is 0 Å². The third kappa shape index (κ3) is 5.65. The minimum atomic E-state index is 0.588. The standard InChI is InChI=1S/C49H36N4S/c1-2-3-14-32-23-28-45-42(29-32)41-22-13-21-38(46(41)54-45)37-25-27-40-39-26-24-36(33-15-7-4-8-16-33)30-43(39)53(44(40)31-37)49-51-47(34-17-9-5-10-18-34)50-48(52-49)35-19-11-6-12-20-35/h4-13,15-31H,2-3,14H2,1H3. The fourth-order valence-corrected chi connectivity index (χ4v) is 8.94. The molecular formula is C49H36N4S. The third-order valence-electron chi connectivity index (χ3n) is 10.5. The molecule has 0 aliphatic carbocycles. The van der Waals surface area contributed by atoms with Crippen LogP contribution in [0.3, 0.4) is 0 Å². The summed E-state index contributed by atoms with van der Waals surface area (Å²) in [5.41, 5.74) is 10.1. The lowest BCUT2D eigenvalue weighted by Gasteiger charge is -2.12. The predicted molar refractivity (Wildman–Crippen MR) is 227 cm³/mol. The maximum Gasteiger partial charge on any atom is 0.238 e. The van der Waals surface area contributed by atoms with Gasteiger partial charge in [0.15, 0.2) is 11.6 Å². The van der Waals surface area contributed by atoms with Crippen molar-refractivity contribution in [1.82, 2.24) is 19.5 Å². The lowest BCUT2D eigenvalue weighted by molar-refractivity contribution is 0.796. The second-order valence-corrected chi connectivity index (χ2v) is 15.0. The number of benzene rings is 7. The molecule has 54 heavy (non-hydrogen) atoms. The molecule has 0 spiro atoms. The highest BCUT2D eigenvalue weighted by Crippen LogP contribution is 2.42. The van der Waals surface area contributed by atoms with E-state index in [2.05, 4.69) is 139 Å². The van der Waals surface area contributed by atoms with Crippen molar-refractivity contribution in [2.75, 3.05) is 0 Å². The van der Waals surface area contributed by atoms with Crippen LogP contribution in [0.1, 0.15) is 25.3 Å². The number of hydrogen-bond donors (Lipinski definition) is 0. The summed E-state index contributed by atoms with van der Waals surface area (Å²) in [6, 6.07) is 58.4. The van der Waals surface area contributed by atoms with Gasteiger partial charge in [0, 0.05) is 42.1 Å². The van der Waals surface area contributed by atoms with Crippen LogP contribution in [0.4, 0.5) is 0 Å². The van der Waals surface area contributed by atoms with E-state index in [1.165, 1.54) is 49.7 Å². The lowest BCUT2D eigenvalue weighted by atomic mass is 9.99. The number of rotatable bonds is 8. The first-order valence-electron chi connectivity index (χ1n) is 18.7. The molecule has 0 saturated carbocycles. The van der Waals surface area contributed by atoms with E-state index in [1.807, 2.05) is 47.7 Å². The topological polar surface area (TPSA) is 43.6 Å². The molecule has 7 aromatic carbocycles. The van der Waals surface area contributed by atoms with Crippen LogP contribution in [-0.4, -0.2) is 19.5 Å². The molecule has 0 bridgehead atoms. The molecule has 5 heteroatoms. The summed E-state index contributed by atoms with van der Waals surface area (Å²) < 4.78 is 4.88. The Balaban J connectivity index is 1.24. The van der Waals surface area contributed by atoms with Gasteiger partial charge in [0.05, 0.1) is 11.0 Å². The van der Waals surface area contributed by atoms with E-state index < -0.39 is 0 Å². The minimum absolute atomic E-state index is 0.588. The van der Waals surface area contributed by atoms with Crippen LogP contribution >= 0.6 is 11.3 Å². The Morgan fingerprint density at radius 2 is 1.09 bits per heavy atom. The fourth-order valence-electron chi connectivity index (χ4n) is 7.72. The molecule has 0 N–H and O–H groups in total. The van der Waals surface area contributed by atoms with Crippen molar-refractivity contribution in [2.24, 2.45) is 0 Å². The van der Waals surface area contributed by atoms with Crippen LogP contribution in [0.15, 0.2) is 164 Å². The Hall–Kier alpha value is -6.43. The molecule has 0 amide bonds. The Labute approximate surface area is 318 Å². The summed E-state index contributed by atoms with van der Waals surface area (Å²) in [5.74, 6) is 1.86. The average Bonchev–Trinajstić information content (AvgIpc) is 3.78. The number of hydrogen-bond acceptors (Lipinski definition) is 4. The van der Waals surface area contributed by atoms with Crippen LogP contribution < -0.4 is 0 Å². The van der Waals surface area contributed by atoms with Crippen LogP contribution in [-0.2, 0) is 6.42 Å². The van der Waals surface area contributed by atoms with Crippen molar-refractivity contribution < 1.29 is 0 Å². The molecule has 0 unspecified atom stereocenters. The van der Waals surface area contributed by atoms with E-state index in [1.54, 1.807) is 0 Å². The summed E-state index contributed by atoms with van der Waals surface area (Å²) in [6.07, 6.45) is 3.53. The van der Waals surface area contributed by atoms with Gasteiger partial charge in [-0.15, -0.1) is 11.3 Å². The highest BCUT2D eigenvalue weighted by molar-refractivity contribution is 7.26. The summed E-state index contributed by atoms with van der Waals surface area (Å²) in [6.45, 7) is 2.26. The zero-order valence-electron chi connectivity index (χ0n) is 29.9. The number of fused-ring (bicyclic) bond motifs is 6. The normalized spacial score (nSPS) is 11.6. The molecule has 10 aromatic rings. The number of unbranched alkanes of at least 4 members (excludes halogenated alkanes) is 1. The Morgan fingerprint density at radius 1 is 0.481 bits per heavy atom. The molecule has 0 aliphatic rings. The largest absolute Gasteiger partial charge is 0.278 e. The number of aryl methyl sites for hydroxylation is 1. The molecule has 0 aliphatic heterocycles. The fraction of sp³-hybridized carbons (Fsp3) is 0.0816. The molecule has 3 aromatic heterocycles. The van der Waals surface area contributed by atoms with Gasteiger partial charge in [0.25, 0.3) is 0 Å². The van der Waals surface area contributed by atoms with E-state index in [-0.39, 0.29) is 0 Å². The van der Waals surface area contributed by atoms with Crippen molar-refractivity contribution in [2.45, 2.75) is 26.2 Å². The maximum absolute atomic E-state index is 5.23. The van der Waals surface area contributed by atoms with Gasteiger partial charge in [0.1, 0.15) is 0 Å². The maximum atomic E-state index is 5.23. The van der Waals surface area contributed by atoms with Gasteiger partial charge in [-0.2, -0.15) is 9.97 Å². The van der Waals surface area contributed by atoms with Crippen molar-refractivity contribution in [3.63, 3.8) is 0 Å². The van der Waals surface area contributed by atoms with Gasteiger partial charge in [0.2, 0.25) is 5.95 Å². The van der Waals surface area contributed by atoms with E-state index in [9.17, 15) is 0 Å². The second-order valence-electron chi connectivity index (χ2n) is 13.9. The molecule has 0 radical (unpaired) electrons. The molecule has 0 fully saturated rings. The summed E-state index contributed by atoms with van der Waals surface area (Å²) in [4.78, 5) is 15.5. The summed E-state index contributed by atoms with van der Waals surface area (Å²) >= 11 is 1.89. The minimum Gasteiger partial charge on any atom is -0.278 e. The first-order chi connectivity index (χ1) is 26.7. The van der Waals surface area contributed by atoms with E-state index in [0.29, 0.717) is 17.6 Å². The monoisotopic (exact) mass is 712 g/mol. The number of thiophene rings is 1. The number of nitrogens with zero attached hydrogens (tertiary/aromatic N) is 4. The van der Waals surface area contributed by atoms with Gasteiger partial charge in [-0.05, 0) is 64.9 Å². The highest BCUT2D eigenvalue weighted by Gasteiger charge is 2.20. The first kappa shape index (κ1) is 32.2. The van der Waals surface area contributed by atoms with E-state index >= 15 is 0 Å². The Kier molecular flexibility index (Phi) is 8.07. The average molecular weight is 713 g/mol. The van der Waals surface area contributed by atoms with E-state index in [0.717, 1.165) is 50.5 Å². The molecular weight excluding hydrogens is 677 g/mol. The predicted octanol–water partition coefficient (Wildman–Crippen LogP) is 13.3. The van der Waals surface area contributed by atoms with Crippen molar-refractivity contribution in [3.8, 4) is 51.0 Å². The van der Waals surface area contributed by atoms with Crippen molar-refractivity contribution in [3.05, 3.63) is 169 Å². The van der Waals surface area contributed by atoms with E-state index in [4.69, 9.17) is 15.0 Å². The lowest BCUT2D eigenvalue weighted by Crippen LogP contribution is -2.06. The van der Waals surface area contributed by atoms with Gasteiger partial charge in [-0.1, -0.05) is 153 Å². The Bertz CT molecular complexity index is 2910. The van der Waals surface area contributed by atoms with Crippen LogP contribution in [0.2, 0.25) is 0 Å². The molecule has 258 valence electrons. The molecule has 3 heterocycles.